The van der Waals surface area contributed by atoms with Crippen molar-refractivity contribution in [1.82, 2.24) is 4.90 Å². The number of amides is 1. The normalized spacial score (nSPS) is 18.6. The molecule has 7 heteroatoms. The van der Waals surface area contributed by atoms with E-state index in [4.69, 9.17) is 5.11 Å². The summed E-state index contributed by atoms with van der Waals surface area (Å²) >= 11 is 0. The summed E-state index contributed by atoms with van der Waals surface area (Å²) in [7, 11) is 0. The van der Waals surface area contributed by atoms with Gasteiger partial charge in [-0.3, -0.25) is 4.79 Å². The Morgan fingerprint density at radius 1 is 1.35 bits per heavy atom. The van der Waals surface area contributed by atoms with Gasteiger partial charge in [0, 0.05) is 12.1 Å². The van der Waals surface area contributed by atoms with Crippen LogP contribution < -0.4 is 0 Å². The van der Waals surface area contributed by atoms with Crippen LogP contribution in [-0.4, -0.2) is 34.5 Å². The molecule has 1 fully saturated rings. The SMILES string of the molecule is O=C(O)C1CCCN1C(=O)c1ccc(C(F)F)cc1F. The van der Waals surface area contributed by atoms with Crippen LogP contribution in [0.1, 0.15) is 35.2 Å². The van der Waals surface area contributed by atoms with Crippen molar-refractivity contribution in [3.05, 3.63) is 35.1 Å². The van der Waals surface area contributed by atoms with E-state index in [9.17, 15) is 22.8 Å². The van der Waals surface area contributed by atoms with Crippen LogP contribution in [0.3, 0.4) is 0 Å². The van der Waals surface area contributed by atoms with E-state index in [1.807, 2.05) is 0 Å². The smallest absolute Gasteiger partial charge is 0.326 e. The van der Waals surface area contributed by atoms with Crippen molar-refractivity contribution < 1.29 is 27.9 Å². The zero-order valence-electron chi connectivity index (χ0n) is 10.4. The summed E-state index contributed by atoms with van der Waals surface area (Å²) in [5, 5.41) is 8.98. The Kier molecular flexibility index (Phi) is 3.96. The molecule has 0 aliphatic carbocycles. The van der Waals surface area contributed by atoms with Gasteiger partial charge in [0.2, 0.25) is 0 Å². The number of aliphatic carboxylic acids is 1. The minimum absolute atomic E-state index is 0.214. The molecule has 1 heterocycles. The molecule has 108 valence electrons. The van der Waals surface area contributed by atoms with Gasteiger partial charge in [-0.1, -0.05) is 6.07 Å². The van der Waals surface area contributed by atoms with Crippen molar-refractivity contribution >= 4 is 11.9 Å². The highest BCUT2D eigenvalue weighted by Crippen LogP contribution is 2.24. The third-order valence-electron chi connectivity index (χ3n) is 3.27. The molecule has 1 aliphatic rings. The van der Waals surface area contributed by atoms with Crippen molar-refractivity contribution in [2.45, 2.75) is 25.3 Å². The maximum atomic E-state index is 13.7. The first-order valence-electron chi connectivity index (χ1n) is 6.03. The predicted molar refractivity (Wildman–Crippen MR) is 63.1 cm³/mol. The minimum Gasteiger partial charge on any atom is -0.480 e. The molecule has 0 radical (unpaired) electrons. The average molecular weight is 287 g/mol. The van der Waals surface area contributed by atoms with Crippen LogP contribution in [0.2, 0.25) is 0 Å². The Labute approximate surface area is 112 Å². The van der Waals surface area contributed by atoms with Crippen molar-refractivity contribution in [3.8, 4) is 0 Å². The first-order chi connectivity index (χ1) is 9.41. The second-order valence-corrected chi connectivity index (χ2v) is 4.53. The maximum Gasteiger partial charge on any atom is 0.326 e. The second kappa shape index (κ2) is 5.52. The predicted octanol–water partition coefficient (Wildman–Crippen LogP) is 2.45. The molecule has 1 N–H and O–H groups in total. The van der Waals surface area contributed by atoms with Crippen molar-refractivity contribution in [2.24, 2.45) is 0 Å². The number of carboxylic acids is 1. The quantitative estimate of drug-likeness (QED) is 0.929. The third-order valence-corrected chi connectivity index (χ3v) is 3.27. The van der Waals surface area contributed by atoms with E-state index < -0.39 is 35.7 Å². The first kappa shape index (κ1) is 14.4. The number of carbonyl (C=O) groups is 2. The third kappa shape index (κ3) is 2.61. The van der Waals surface area contributed by atoms with E-state index in [0.717, 1.165) is 17.0 Å². The van der Waals surface area contributed by atoms with Gasteiger partial charge >= 0.3 is 5.97 Å². The van der Waals surface area contributed by atoms with Gasteiger partial charge in [-0.05, 0) is 25.0 Å². The summed E-state index contributed by atoms with van der Waals surface area (Å²) in [5.41, 5.74) is -0.905. The Balaban J connectivity index is 2.27. The van der Waals surface area contributed by atoms with Crippen LogP contribution in [0.5, 0.6) is 0 Å². The molecular formula is C13H12F3NO3. The van der Waals surface area contributed by atoms with Crippen molar-refractivity contribution in [2.75, 3.05) is 6.54 Å². The fraction of sp³-hybridized carbons (Fsp3) is 0.385. The lowest BCUT2D eigenvalue weighted by atomic mass is 10.1. The average Bonchev–Trinajstić information content (AvgIpc) is 2.87. The fourth-order valence-electron chi connectivity index (χ4n) is 2.26. The Morgan fingerprint density at radius 3 is 2.60 bits per heavy atom. The fourth-order valence-corrected chi connectivity index (χ4v) is 2.26. The number of benzene rings is 1. The summed E-state index contributed by atoms with van der Waals surface area (Å²) in [6, 6.07) is 1.55. The highest BCUT2D eigenvalue weighted by atomic mass is 19.3. The van der Waals surface area contributed by atoms with Crippen molar-refractivity contribution in [1.29, 1.82) is 0 Å². The molecule has 2 rings (SSSR count). The number of hydrogen-bond acceptors (Lipinski definition) is 2. The zero-order chi connectivity index (χ0) is 14.9. The van der Waals surface area contributed by atoms with Crippen molar-refractivity contribution in [3.63, 3.8) is 0 Å². The lowest BCUT2D eigenvalue weighted by Crippen LogP contribution is -2.40. The minimum atomic E-state index is -2.83. The summed E-state index contributed by atoms with van der Waals surface area (Å²) in [5.74, 6) is -3.00. The van der Waals surface area contributed by atoms with Gasteiger partial charge in [-0.25, -0.2) is 18.0 Å². The summed E-state index contributed by atoms with van der Waals surface area (Å²) in [4.78, 5) is 24.1. The topological polar surface area (TPSA) is 57.6 Å². The Morgan fingerprint density at radius 2 is 2.05 bits per heavy atom. The summed E-state index contributed by atoms with van der Waals surface area (Å²) in [6.45, 7) is 0.214. The highest BCUT2D eigenvalue weighted by Gasteiger charge is 2.35. The van der Waals surface area contributed by atoms with Crippen LogP contribution in [0.15, 0.2) is 18.2 Å². The highest BCUT2D eigenvalue weighted by molar-refractivity contribution is 5.97. The monoisotopic (exact) mass is 287 g/mol. The van der Waals surface area contributed by atoms with Gasteiger partial charge in [0.15, 0.2) is 0 Å². The van der Waals surface area contributed by atoms with Crippen LogP contribution in [0.25, 0.3) is 0 Å². The van der Waals surface area contributed by atoms with E-state index in [1.54, 1.807) is 0 Å². The number of halogens is 3. The Hall–Kier alpha value is -2.05. The van der Waals surface area contributed by atoms with Crippen LogP contribution in [0, 0.1) is 5.82 Å². The van der Waals surface area contributed by atoms with E-state index in [2.05, 4.69) is 0 Å². The number of nitrogens with zero attached hydrogens (tertiary/aromatic N) is 1. The largest absolute Gasteiger partial charge is 0.480 e. The zero-order valence-corrected chi connectivity index (χ0v) is 10.4. The molecule has 1 atom stereocenters. The number of likely N-dealkylation sites (tertiary alicyclic amines) is 1. The van der Waals surface area contributed by atoms with Gasteiger partial charge < -0.3 is 10.0 Å². The molecule has 1 unspecified atom stereocenters. The maximum absolute atomic E-state index is 13.7. The van der Waals surface area contributed by atoms with Gasteiger partial charge in [-0.15, -0.1) is 0 Å². The molecular weight excluding hydrogens is 275 g/mol. The number of hydrogen-bond donors (Lipinski definition) is 1. The van der Waals surface area contributed by atoms with E-state index in [1.165, 1.54) is 0 Å². The number of carbonyl (C=O) groups excluding carboxylic acids is 1. The number of carboxylic acid groups (broad SMARTS) is 1. The van der Waals surface area contributed by atoms with Gasteiger partial charge in [0.25, 0.3) is 12.3 Å². The standard InChI is InChI=1S/C13H12F3NO3/c14-9-6-7(11(15)16)3-4-8(9)12(18)17-5-1-2-10(17)13(19)20/h3-4,6,10-11H,1-2,5H2,(H,19,20). The number of alkyl halides is 2. The Bertz CT molecular complexity index is 548. The van der Waals surface area contributed by atoms with Gasteiger partial charge in [0.05, 0.1) is 5.56 Å². The van der Waals surface area contributed by atoms with Crippen LogP contribution >= 0.6 is 0 Å². The van der Waals surface area contributed by atoms with E-state index in [0.29, 0.717) is 18.9 Å². The van der Waals surface area contributed by atoms with Gasteiger partial charge in [0.1, 0.15) is 11.9 Å². The molecule has 0 bridgehead atoms. The van der Waals surface area contributed by atoms with Crippen LogP contribution in [0.4, 0.5) is 13.2 Å². The second-order valence-electron chi connectivity index (χ2n) is 4.53. The molecule has 0 aromatic heterocycles. The molecule has 4 nitrogen and oxygen atoms in total. The molecule has 0 saturated carbocycles. The molecule has 20 heavy (non-hydrogen) atoms. The lowest BCUT2D eigenvalue weighted by Gasteiger charge is -2.21. The lowest BCUT2D eigenvalue weighted by molar-refractivity contribution is -0.141. The molecule has 1 amide bonds. The van der Waals surface area contributed by atoms with E-state index >= 15 is 0 Å². The summed E-state index contributed by atoms with van der Waals surface area (Å²) < 4.78 is 38.5. The van der Waals surface area contributed by atoms with E-state index in [-0.39, 0.29) is 12.1 Å². The molecule has 1 aromatic carbocycles. The summed E-state index contributed by atoms with van der Waals surface area (Å²) in [6.07, 6.45) is -2.01. The molecule has 1 aromatic rings. The molecule has 0 spiro atoms. The first-order valence-corrected chi connectivity index (χ1v) is 6.03. The number of rotatable bonds is 3. The van der Waals surface area contributed by atoms with Crippen LogP contribution in [-0.2, 0) is 4.79 Å². The van der Waals surface area contributed by atoms with Gasteiger partial charge in [-0.2, -0.15) is 0 Å². The molecule has 1 aliphatic heterocycles. The molecule has 1 saturated heterocycles.